The lowest BCUT2D eigenvalue weighted by Gasteiger charge is -2.45. The first-order valence-corrected chi connectivity index (χ1v) is 14.8. The van der Waals surface area contributed by atoms with E-state index in [-0.39, 0.29) is 50.5 Å². The number of likely N-dealkylation sites (N-methyl/N-ethyl adjacent to an activating group) is 1. The number of likely N-dealkylation sites (tertiary alicyclic amines) is 3. The third-order valence-electron chi connectivity index (χ3n) is 11.4. The Bertz CT molecular complexity index is 980. The number of halogens is 6. The van der Waals surface area contributed by atoms with Crippen molar-refractivity contribution in [3.8, 4) is 0 Å². The van der Waals surface area contributed by atoms with Crippen molar-refractivity contribution in [1.82, 2.24) is 30.5 Å². The number of fused-ring (bicyclic) bond motifs is 3. The second kappa shape index (κ2) is 9.96. The first-order chi connectivity index (χ1) is 18.7. The Kier molecular flexibility index (Phi) is 7.20. The van der Waals surface area contributed by atoms with Crippen LogP contribution in [-0.4, -0.2) is 114 Å². The highest BCUT2D eigenvalue weighted by atomic mass is 19.4. The van der Waals surface area contributed by atoms with E-state index in [2.05, 4.69) is 20.7 Å². The van der Waals surface area contributed by atoms with Crippen LogP contribution in [0.15, 0.2) is 0 Å². The van der Waals surface area contributed by atoms with Gasteiger partial charge < -0.3 is 9.80 Å². The lowest BCUT2D eigenvalue weighted by atomic mass is 9.70. The number of hydrogen-bond donors (Lipinski definition) is 2. The maximum absolute atomic E-state index is 16.1. The van der Waals surface area contributed by atoms with Gasteiger partial charge in [0.25, 0.3) is 0 Å². The van der Waals surface area contributed by atoms with Crippen LogP contribution >= 0.6 is 0 Å². The summed E-state index contributed by atoms with van der Waals surface area (Å²) < 4.78 is 90.3. The SMILES string of the molecule is CN1CNNC1C(F)(F)[C@](C)(F)C1CCCC(N2CC3C(CC(N4C[C@H]5C[C@@H]4CN5C)CC3C(F)(F)F)C2=O)C1. The van der Waals surface area contributed by atoms with Crippen molar-refractivity contribution in [2.45, 2.75) is 100.0 Å². The predicted octanol–water partition coefficient (Wildman–Crippen LogP) is 3.04. The maximum Gasteiger partial charge on any atom is 0.392 e. The van der Waals surface area contributed by atoms with Crippen molar-refractivity contribution in [3.63, 3.8) is 0 Å². The van der Waals surface area contributed by atoms with Gasteiger partial charge in [-0.2, -0.15) is 22.0 Å². The van der Waals surface area contributed by atoms with E-state index in [4.69, 9.17) is 0 Å². The molecular formula is C27H42F6N6O. The molecule has 0 aromatic heterocycles. The van der Waals surface area contributed by atoms with Crippen molar-refractivity contribution < 1.29 is 31.1 Å². The molecule has 13 heteroatoms. The summed E-state index contributed by atoms with van der Waals surface area (Å²) in [5.41, 5.74) is 2.23. The van der Waals surface area contributed by atoms with Crippen LogP contribution in [0.1, 0.15) is 51.9 Å². The number of carbonyl (C=O) groups is 1. The Morgan fingerprint density at radius 3 is 2.17 bits per heavy atom. The van der Waals surface area contributed by atoms with Crippen LogP contribution < -0.4 is 10.9 Å². The standard InChI is InChI=1S/C27H42F6N6O/c1-25(28,26(29,30)24-35-34-14-37(24)3)15-5-4-6-16(7-15)39-13-21-20(23(39)40)9-17(10-22(21)27(31,32)33)38-12-18-8-19(38)11-36(18)2/h15-22,24,34-35H,4-14H2,1-3H3/t15?,16?,17?,18-,19-,20?,21?,22?,24?,25-/m1/s1. The smallest absolute Gasteiger partial charge is 0.339 e. The molecule has 1 amide bonds. The number of carbonyl (C=O) groups excluding carboxylic acids is 1. The van der Waals surface area contributed by atoms with Crippen LogP contribution in [0.4, 0.5) is 26.3 Å². The molecule has 0 aromatic rings. The van der Waals surface area contributed by atoms with Gasteiger partial charge in [0, 0.05) is 55.6 Å². The molecule has 7 nitrogen and oxygen atoms in total. The van der Waals surface area contributed by atoms with E-state index in [1.807, 2.05) is 7.05 Å². The Labute approximate surface area is 231 Å². The lowest BCUT2D eigenvalue weighted by molar-refractivity contribution is -0.205. The number of rotatable bonds is 5. The Morgan fingerprint density at radius 1 is 0.825 bits per heavy atom. The molecule has 2 saturated carbocycles. The minimum absolute atomic E-state index is 0.00325. The fraction of sp³-hybridized carbons (Fsp3) is 0.963. The third-order valence-corrected chi connectivity index (χ3v) is 11.4. The number of hydrazine groups is 1. The van der Waals surface area contributed by atoms with Gasteiger partial charge in [0.1, 0.15) is 6.17 Å². The van der Waals surface area contributed by atoms with Gasteiger partial charge in [-0.05, 0) is 65.5 Å². The van der Waals surface area contributed by atoms with E-state index in [1.165, 1.54) is 16.8 Å². The van der Waals surface area contributed by atoms with E-state index in [0.717, 1.165) is 26.4 Å². The Balaban J connectivity index is 1.19. The van der Waals surface area contributed by atoms with Gasteiger partial charge in [-0.15, -0.1) is 0 Å². The summed E-state index contributed by atoms with van der Waals surface area (Å²) >= 11 is 0. The molecule has 0 aromatic carbocycles. The molecule has 7 unspecified atom stereocenters. The van der Waals surface area contributed by atoms with Crippen molar-refractivity contribution in [2.75, 3.05) is 40.4 Å². The maximum atomic E-state index is 16.1. The van der Waals surface area contributed by atoms with Crippen molar-refractivity contribution in [1.29, 1.82) is 0 Å². The molecule has 2 bridgehead atoms. The lowest BCUT2D eigenvalue weighted by Crippen LogP contribution is -2.62. The zero-order chi connectivity index (χ0) is 28.8. The van der Waals surface area contributed by atoms with E-state index in [0.29, 0.717) is 25.3 Å². The quantitative estimate of drug-likeness (QED) is 0.488. The number of piperazine rings is 1. The first-order valence-electron chi connectivity index (χ1n) is 14.8. The summed E-state index contributed by atoms with van der Waals surface area (Å²) in [6.07, 6.45) is -3.37. The molecular weight excluding hydrogens is 538 g/mol. The Morgan fingerprint density at radius 2 is 1.57 bits per heavy atom. The van der Waals surface area contributed by atoms with Gasteiger partial charge in [0.05, 0.1) is 12.6 Å². The molecule has 6 aliphatic rings. The predicted molar refractivity (Wildman–Crippen MR) is 136 cm³/mol. The summed E-state index contributed by atoms with van der Waals surface area (Å²) in [4.78, 5) is 21.1. The molecule has 40 heavy (non-hydrogen) atoms. The monoisotopic (exact) mass is 580 g/mol. The third kappa shape index (κ3) is 4.57. The molecule has 4 aliphatic heterocycles. The van der Waals surface area contributed by atoms with Crippen LogP contribution in [0.2, 0.25) is 0 Å². The van der Waals surface area contributed by atoms with Crippen LogP contribution in [0.3, 0.4) is 0 Å². The van der Waals surface area contributed by atoms with Crippen LogP contribution in [-0.2, 0) is 4.79 Å². The summed E-state index contributed by atoms with van der Waals surface area (Å²) in [5.74, 6) is -8.19. The van der Waals surface area contributed by atoms with E-state index in [9.17, 15) is 18.0 Å². The minimum atomic E-state index is -4.42. The summed E-state index contributed by atoms with van der Waals surface area (Å²) in [5, 5.41) is 0. The van der Waals surface area contributed by atoms with Crippen LogP contribution in [0.5, 0.6) is 0 Å². The van der Waals surface area contributed by atoms with Crippen molar-refractivity contribution in [2.24, 2.45) is 23.7 Å². The highest BCUT2D eigenvalue weighted by molar-refractivity contribution is 5.82. The average Bonchev–Trinajstić information content (AvgIpc) is 3.66. The van der Waals surface area contributed by atoms with E-state index < -0.39 is 53.6 Å². The molecule has 228 valence electrons. The molecule has 10 atom stereocenters. The minimum Gasteiger partial charge on any atom is -0.339 e. The molecule has 4 saturated heterocycles. The molecule has 2 N–H and O–H groups in total. The number of nitrogens with one attached hydrogen (secondary N) is 2. The average molecular weight is 581 g/mol. The molecule has 6 rings (SSSR count). The van der Waals surface area contributed by atoms with E-state index in [1.54, 1.807) is 0 Å². The number of nitrogens with zero attached hydrogens (tertiary/aromatic N) is 4. The van der Waals surface area contributed by atoms with Crippen molar-refractivity contribution >= 4 is 5.91 Å². The first kappa shape index (κ1) is 28.9. The zero-order valence-electron chi connectivity index (χ0n) is 23.4. The highest BCUT2D eigenvalue weighted by Gasteiger charge is 2.64. The Hall–Kier alpha value is -1.15. The molecule has 0 spiro atoms. The highest BCUT2D eigenvalue weighted by Crippen LogP contribution is 2.53. The number of amides is 1. The number of alkyl halides is 6. The van der Waals surface area contributed by atoms with Gasteiger partial charge in [0.2, 0.25) is 5.91 Å². The molecule has 0 radical (unpaired) electrons. The summed E-state index contributed by atoms with van der Waals surface area (Å²) in [6.45, 7) is 2.63. The fourth-order valence-corrected chi connectivity index (χ4v) is 9.02. The summed E-state index contributed by atoms with van der Waals surface area (Å²) in [6, 6.07) is -0.245. The van der Waals surface area contributed by atoms with Crippen LogP contribution in [0, 0.1) is 23.7 Å². The largest absolute Gasteiger partial charge is 0.392 e. The van der Waals surface area contributed by atoms with Gasteiger partial charge in [0.15, 0.2) is 5.67 Å². The van der Waals surface area contributed by atoms with E-state index >= 15 is 13.2 Å². The van der Waals surface area contributed by atoms with Gasteiger partial charge in [-0.25, -0.2) is 15.2 Å². The van der Waals surface area contributed by atoms with Gasteiger partial charge >= 0.3 is 12.1 Å². The fourth-order valence-electron chi connectivity index (χ4n) is 9.02. The second-order valence-corrected chi connectivity index (χ2v) is 13.6. The summed E-state index contributed by atoms with van der Waals surface area (Å²) in [7, 11) is 3.52. The van der Waals surface area contributed by atoms with Gasteiger partial charge in [-0.1, -0.05) is 6.42 Å². The van der Waals surface area contributed by atoms with Gasteiger partial charge in [-0.3, -0.25) is 14.6 Å². The number of hydrogen-bond acceptors (Lipinski definition) is 6. The second-order valence-electron chi connectivity index (χ2n) is 13.6. The van der Waals surface area contributed by atoms with Crippen molar-refractivity contribution in [3.05, 3.63) is 0 Å². The molecule has 6 fully saturated rings. The normalized spacial score (nSPS) is 43.5. The molecule has 2 aliphatic carbocycles. The van der Waals surface area contributed by atoms with Crippen LogP contribution in [0.25, 0.3) is 0 Å². The molecule has 4 heterocycles. The zero-order valence-corrected chi connectivity index (χ0v) is 23.4. The topological polar surface area (TPSA) is 54.1 Å².